The van der Waals surface area contributed by atoms with E-state index in [1.54, 1.807) is 28.9 Å². The molecule has 1 saturated heterocycles. The van der Waals surface area contributed by atoms with Crippen molar-refractivity contribution in [2.24, 2.45) is 0 Å². The molecule has 0 spiro atoms. The highest BCUT2D eigenvalue weighted by molar-refractivity contribution is 7.79. The summed E-state index contributed by atoms with van der Waals surface area (Å²) < 4.78 is 22.5. The lowest BCUT2D eigenvalue weighted by Gasteiger charge is -2.26. The molecule has 3 heterocycles. The van der Waals surface area contributed by atoms with Crippen molar-refractivity contribution >= 4 is 16.7 Å². The Hall–Kier alpha value is -2.87. The second-order valence-corrected chi connectivity index (χ2v) is 9.26. The van der Waals surface area contributed by atoms with E-state index in [2.05, 4.69) is 39.2 Å². The molecule has 1 fully saturated rings. The average Bonchev–Trinajstić information content (AvgIpc) is 3.27. The van der Waals surface area contributed by atoms with Crippen molar-refractivity contribution in [3.63, 3.8) is 0 Å². The van der Waals surface area contributed by atoms with E-state index in [9.17, 15) is 8.76 Å². The summed E-state index contributed by atoms with van der Waals surface area (Å²) in [5.41, 5.74) is 5.83. The molecular formula is C25H26N4O2S. The van der Waals surface area contributed by atoms with Crippen molar-refractivity contribution < 1.29 is 8.76 Å². The van der Waals surface area contributed by atoms with Crippen LogP contribution in [-0.4, -0.2) is 47.9 Å². The first-order valence-corrected chi connectivity index (χ1v) is 12.1. The van der Waals surface area contributed by atoms with E-state index >= 15 is 0 Å². The minimum atomic E-state index is -2.02. The molecule has 0 aliphatic carbocycles. The summed E-state index contributed by atoms with van der Waals surface area (Å²) in [5.74, 6) is 0. The van der Waals surface area contributed by atoms with E-state index in [1.807, 2.05) is 18.5 Å². The van der Waals surface area contributed by atoms with Crippen molar-refractivity contribution in [3.05, 3.63) is 72.7 Å². The molecule has 1 aliphatic rings. The molecule has 6 nitrogen and oxygen atoms in total. The monoisotopic (exact) mass is 446 g/mol. The van der Waals surface area contributed by atoms with Crippen LogP contribution in [-0.2, 0) is 17.5 Å². The molecule has 0 saturated carbocycles. The van der Waals surface area contributed by atoms with Crippen LogP contribution in [0, 0.1) is 0 Å². The molecule has 32 heavy (non-hydrogen) atoms. The fourth-order valence-corrected chi connectivity index (χ4v) is 4.76. The van der Waals surface area contributed by atoms with Gasteiger partial charge in [-0.2, -0.15) is 5.10 Å². The lowest BCUT2D eigenvalue weighted by molar-refractivity contribution is 0.231. The predicted molar refractivity (Wildman–Crippen MR) is 127 cm³/mol. The Morgan fingerprint density at radius 1 is 0.938 bits per heavy atom. The highest BCUT2D eigenvalue weighted by Crippen LogP contribution is 2.27. The Balaban J connectivity index is 1.34. The number of hydrogen-bond acceptors (Lipinski definition) is 4. The maximum absolute atomic E-state index is 11.4. The van der Waals surface area contributed by atoms with Crippen LogP contribution in [0.1, 0.15) is 24.8 Å². The van der Waals surface area contributed by atoms with Gasteiger partial charge in [-0.05, 0) is 61.2 Å². The van der Waals surface area contributed by atoms with E-state index in [4.69, 9.17) is 0 Å². The number of likely N-dealkylation sites (tertiary alicyclic amines) is 1. The predicted octanol–water partition coefficient (Wildman–Crippen LogP) is 4.67. The van der Waals surface area contributed by atoms with E-state index in [-0.39, 0.29) is 0 Å². The van der Waals surface area contributed by atoms with Crippen molar-refractivity contribution in [2.75, 3.05) is 19.6 Å². The van der Waals surface area contributed by atoms with Gasteiger partial charge in [-0.1, -0.05) is 42.8 Å². The smallest absolute Gasteiger partial charge is 0.186 e. The molecule has 164 valence electrons. The van der Waals surface area contributed by atoms with Gasteiger partial charge in [0.2, 0.25) is 0 Å². The molecule has 0 amide bonds. The highest BCUT2D eigenvalue weighted by atomic mass is 32.2. The summed E-state index contributed by atoms with van der Waals surface area (Å²) >= 11 is -2.02. The molecule has 5 rings (SSSR count). The van der Waals surface area contributed by atoms with Crippen LogP contribution >= 0.6 is 0 Å². The molecule has 4 aromatic rings. The Kier molecular flexibility index (Phi) is 6.12. The van der Waals surface area contributed by atoms with Crippen LogP contribution in [0.5, 0.6) is 0 Å². The van der Waals surface area contributed by atoms with Gasteiger partial charge in [0.1, 0.15) is 0 Å². The zero-order chi connectivity index (χ0) is 21.9. The van der Waals surface area contributed by atoms with Crippen molar-refractivity contribution in [1.82, 2.24) is 19.5 Å². The van der Waals surface area contributed by atoms with Gasteiger partial charge in [-0.15, -0.1) is 0 Å². The lowest BCUT2D eigenvalue weighted by atomic mass is 10.0. The van der Waals surface area contributed by atoms with Gasteiger partial charge in [0, 0.05) is 30.1 Å². The molecule has 2 aromatic heterocycles. The second kappa shape index (κ2) is 9.32. The zero-order valence-corrected chi connectivity index (χ0v) is 18.7. The van der Waals surface area contributed by atoms with Gasteiger partial charge in [0.15, 0.2) is 16.7 Å². The normalized spacial score (nSPS) is 15.8. The summed E-state index contributed by atoms with van der Waals surface area (Å²) in [7, 11) is 0. The van der Waals surface area contributed by atoms with Gasteiger partial charge in [-0.25, -0.2) is 13.7 Å². The summed E-state index contributed by atoms with van der Waals surface area (Å²) in [6.07, 6.45) is 10.7. The number of rotatable bonds is 6. The SMILES string of the molecule is O=S(O)c1cccc(-c2cnn3cc(-c4ccc(CCN5CCCCC5)cc4)cnc23)c1. The molecule has 0 bridgehead atoms. The summed E-state index contributed by atoms with van der Waals surface area (Å²) in [5, 5.41) is 4.46. The Morgan fingerprint density at radius 3 is 2.53 bits per heavy atom. The fraction of sp³-hybridized carbons (Fsp3) is 0.280. The molecule has 1 aliphatic heterocycles. The molecule has 2 aromatic carbocycles. The van der Waals surface area contributed by atoms with Crippen LogP contribution < -0.4 is 0 Å². The third-order valence-electron chi connectivity index (χ3n) is 6.16. The van der Waals surface area contributed by atoms with Crippen LogP contribution in [0.25, 0.3) is 27.9 Å². The number of piperidine rings is 1. The number of aromatic nitrogens is 3. The number of hydrogen-bond donors (Lipinski definition) is 1. The molecular weight excluding hydrogens is 420 g/mol. The van der Waals surface area contributed by atoms with Gasteiger partial charge < -0.3 is 9.45 Å². The molecule has 1 N–H and O–H groups in total. The highest BCUT2D eigenvalue weighted by Gasteiger charge is 2.12. The Bertz CT molecular complexity index is 1250. The first kappa shape index (κ1) is 21.0. The van der Waals surface area contributed by atoms with Crippen LogP contribution in [0.4, 0.5) is 0 Å². The van der Waals surface area contributed by atoms with Crippen molar-refractivity contribution in [1.29, 1.82) is 0 Å². The van der Waals surface area contributed by atoms with Gasteiger partial charge in [-0.3, -0.25) is 0 Å². The minimum Gasteiger partial charge on any atom is -0.303 e. The quantitative estimate of drug-likeness (QED) is 0.436. The molecule has 0 radical (unpaired) electrons. The van der Waals surface area contributed by atoms with Crippen molar-refractivity contribution in [2.45, 2.75) is 30.6 Å². The van der Waals surface area contributed by atoms with E-state index in [1.165, 1.54) is 37.9 Å². The van der Waals surface area contributed by atoms with Crippen LogP contribution in [0.15, 0.2) is 72.0 Å². The summed E-state index contributed by atoms with van der Waals surface area (Å²) in [6.45, 7) is 3.60. The van der Waals surface area contributed by atoms with Crippen molar-refractivity contribution in [3.8, 4) is 22.3 Å². The molecule has 7 heteroatoms. The number of nitrogens with zero attached hydrogens (tertiary/aromatic N) is 4. The lowest BCUT2D eigenvalue weighted by Crippen LogP contribution is -2.31. The topological polar surface area (TPSA) is 70.7 Å². The largest absolute Gasteiger partial charge is 0.303 e. The zero-order valence-electron chi connectivity index (χ0n) is 17.9. The third kappa shape index (κ3) is 4.50. The summed E-state index contributed by atoms with van der Waals surface area (Å²) in [6, 6.07) is 15.7. The van der Waals surface area contributed by atoms with E-state index < -0.39 is 11.1 Å². The standard InChI is InChI=1S/C25H26N4O2S/c30-32(31)23-6-4-5-21(15-23)24-17-27-29-18-22(16-26-25(24)29)20-9-7-19(8-10-20)11-14-28-12-2-1-3-13-28/h4-10,15-18H,1-3,11-14H2,(H,30,31). The number of fused-ring (bicyclic) bond motifs is 1. The van der Waals surface area contributed by atoms with Crippen LogP contribution in [0.3, 0.4) is 0 Å². The Labute approximate surface area is 190 Å². The van der Waals surface area contributed by atoms with Crippen LogP contribution in [0.2, 0.25) is 0 Å². The van der Waals surface area contributed by atoms with E-state index in [0.717, 1.165) is 35.2 Å². The molecule has 1 unspecified atom stereocenters. The fourth-order valence-electron chi connectivity index (χ4n) is 4.33. The maximum Gasteiger partial charge on any atom is 0.186 e. The number of benzene rings is 2. The average molecular weight is 447 g/mol. The molecule has 1 atom stereocenters. The van der Waals surface area contributed by atoms with E-state index in [0.29, 0.717) is 10.5 Å². The Morgan fingerprint density at radius 2 is 1.75 bits per heavy atom. The first-order chi connectivity index (χ1) is 15.7. The first-order valence-electron chi connectivity index (χ1n) is 11.0. The maximum atomic E-state index is 11.4. The van der Waals surface area contributed by atoms with Gasteiger partial charge in [0.05, 0.1) is 11.1 Å². The minimum absolute atomic E-state index is 0.360. The third-order valence-corrected chi connectivity index (χ3v) is 6.81. The van der Waals surface area contributed by atoms with Gasteiger partial charge >= 0.3 is 0 Å². The summed E-state index contributed by atoms with van der Waals surface area (Å²) in [4.78, 5) is 7.57. The second-order valence-electron chi connectivity index (χ2n) is 8.30. The van der Waals surface area contributed by atoms with Gasteiger partial charge in [0.25, 0.3) is 0 Å².